The van der Waals surface area contributed by atoms with Gasteiger partial charge >= 0.3 is 6.18 Å². The molecule has 104 valence electrons. The summed E-state index contributed by atoms with van der Waals surface area (Å²) in [7, 11) is 0. The molecule has 0 amide bonds. The van der Waals surface area contributed by atoms with Crippen LogP contribution in [0.4, 0.5) is 19.0 Å². The van der Waals surface area contributed by atoms with E-state index >= 15 is 0 Å². The van der Waals surface area contributed by atoms with Gasteiger partial charge in [-0.1, -0.05) is 24.3 Å². The molecular weight excluding hydrogens is 267 g/mol. The van der Waals surface area contributed by atoms with Gasteiger partial charge < -0.3 is 5.43 Å². The summed E-state index contributed by atoms with van der Waals surface area (Å²) in [5.74, 6) is 5.73. The van der Waals surface area contributed by atoms with Crippen LogP contribution in [0.1, 0.15) is 16.7 Å². The Morgan fingerprint density at radius 2 is 1.55 bits per heavy atom. The molecule has 0 aliphatic carbocycles. The van der Waals surface area contributed by atoms with Gasteiger partial charge in [0, 0.05) is 6.20 Å². The average Bonchev–Trinajstić information content (AvgIpc) is 2.45. The maximum Gasteiger partial charge on any atom is 0.416 e. The Kier molecular flexibility index (Phi) is 4.05. The number of nitrogens with two attached hydrogens (primary N) is 1. The quantitative estimate of drug-likeness (QED) is 0.667. The summed E-state index contributed by atoms with van der Waals surface area (Å²) in [6.45, 7) is 0. The van der Waals surface area contributed by atoms with Crippen LogP contribution < -0.4 is 11.3 Å². The molecule has 0 aliphatic rings. The molecule has 1 aromatic carbocycles. The maximum absolute atomic E-state index is 12.4. The van der Waals surface area contributed by atoms with Gasteiger partial charge in [-0.05, 0) is 35.4 Å². The molecule has 0 saturated heterocycles. The highest BCUT2D eigenvalue weighted by Crippen LogP contribution is 2.29. The van der Waals surface area contributed by atoms with Gasteiger partial charge in [-0.3, -0.25) is 0 Å². The Bertz CT molecular complexity index is 587. The molecule has 1 heterocycles. The first-order chi connectivity index (χ1) is 9.49. The third kappa shape index (κ3) is 3.58. The van der Waals surface area contributed by atoms with Crippen molar-refractivity contribution in [3.63, 3.8) is 0 Å². The lowest BCUT2D eigenvalue weighted by molar-refractivity contribution is -0.137. The highest BCUT2D eigenvalue weighted by atomic mass is 19.4. The van der Waals surface area contributed by atoms with E-state index in [1.54, 1.807) is 30.5 Å². The Morgan fingerprint density at radius 3 is 2.05 bits per heavy atom. The van der Waals surface area contributed by atoms with E-state index in [9.17, 15) is 13.2 Å². The van der Waals surface area contributed by atoms with Crippen LogP contribution >= 0.6 is 0 Å². The zero-order valence-electron chi connectivity index (χ0n) is 10.4. The molecule has 0 saturated carbocycles. The SMILES string of the molecule is NNc1ccc(/C=C/c2ccc(C(F)(F)F)cc2)cn1. The number of anilines is 1. The Hall–Kier alpha value is -2.34. The third-order valence-electron chi connectivity index (χ3n) is 2.64. The molecule has 0 unspecified atom stereocenters. The third-order valence-corrected chi connectivity index (χ3v) is 2.64. The minimum atomic E-state index is -4.31. The molecule has 0 spiro atoms. The predicted octanol–water partition coefficient (Wildman–Crippen LogP) is 3.56. The van der Waals surface area contributed by atoms with Crippen molar-refractivity contribution >= 4 is 18.0 Å². The number of hydrazine groups is 1. The number of aromatic nitrogens is 1. The van der Waals surface area contributed by atoms with Gasteiger partial charge in [-0.2, -0.15) is 13.2 Å². The number of benzene rings is 1. The molecule has 2 aromatic rings. The number of nitrogens with one attached hydrogen (secondary N) is 1. The highest BCUT2D eigenvalue weighted by Gasteiger charge is 2.29. The molecule has 0 aliphatic heterocycles. The van der Waals surface area contributed by atoms with Crippen molar-refractivity contribution in [1.29, 1.82) is 0 Å². The summed E-state index contributed by atoms with van der Waals surface area (Å²) in [5.41, 5.74) is 3.25. The van der Waals surface area contributed by atoms with Gasteiger partial charge in [-0.15, -0.1) is 0 Å². The Balaban J connectivity index is 2.10. The Morgan fingerprint density at radius 1 is 0.950 bits per heavy atom. The number of hydrogen-bond donors (Lipinski definition) is 2. The summed E-state index contributed by atoms with van der Waals surface area (Å²) in [5, 5.41) is 0. The molecule has 3 nitrogen and oxygen atoms in total. The van der Waals surface area contributed by atoms with Gasteiger partial charge in [-0.25, -0.2) is 10.8 Å². The molecule has 1 aromatic heterocycles. The van der Waals surface area contributed by atoms with Gasteiger partial charge in [0.1, 0.15) is 5.82 Å². The van der Waals surface area contributed by atoms with Crippen molar-refractivity contribution in [3.05, 3.63) is 59.3 Å². The normalized spacial score (nSPS) is 11.8. The largest absolute Gasteiger partial charge is 0.416 e. The van der Waals surface area contributed by atoms with Crippen molar-refractivity contribution in [2.24, 2.45) is 5.84 Å². The number of nitrogens with zero attached hydrogens (tertiary/aromatic N) is 1. The average molecular weight is 279 g/mol. The van der Waals surface area contributed by atoms with Crippen molar-refractivity contribution in [2.75, 3.05) is 5.43 Å². The highest BCUT2D eigenvalue weighted by molar-refractivity contribution is 5.69. The molecule has 2 rings (SSSR count). The van der Waals surface area contributed by atoms with Crippen LogP contribution in [0.2, 0.25) is 0 Å². The van der Waals surface area contributed by atoms with Crippen LogP contribution in [-0.4, -0.2) is 4.98 Å². The van der Waals surface area contributed by atoms with E-state index in [2.05, 4.69) is 10.4 Å². The minimum Gasteiger partial charge on any atom is -0.308 e. The fourth-order valence-corrected chi connectivity index (χ4v) is 1.56. The fourth-order valence-electron chi connectivity index (χ4n) is 1.56. The van der Waals surface area contributed by atoms with E-state index in [4.69, 9.17) is 5.84 Å². The molecule has 0 radical (unpaired) electrons. The van der Waals surface area contributed by atoms with Gasteiger partial charge in [0.05, 0.1) is 5.56 Å². The Labute approximate surface area is 113 Å². The van der Waals surface area contributed by atoms with Crippen LogP contribution in [0.15, 0.2) is 42.6 Å². The number of halogens is 3. The zero-order valence-corrected chi connectivity index (χ0v) is 10.4. The number of alkyl halides is 3. The number of nitrogen functional groups attached to an aromatic ring is 1. The van der Waals surface area contributed by atoms with Crippen LogP contribution in [0.5, 0.6) is 0 Å². The topological polar surface area (TPSA) is 50.9 Å². The van der Waals surface area contributed by atoms with Crippen LogP contribution in [0.25, 0.3) is 12.2 Å². The molecular formula is C14H12F3N3. The lowest BCUT2D eigenvalue weighted by Gasteiger charge is -2.05. The monoisotopic (exact) mass is 279 g/mol. The van der Waals surface area contributed by atoms with E-state index in [-0.39, 0.29) is 0 Å². The summed E-state index contributed by atoms with van der Waals surface area (Å²) in [4.78, 5) is 4.02. The van der Waals surface area contributed by atoms with E-state index in [1.165, 1.54) is 12.1 Å². The molecule has 0 atom stereocenters. The second-order valence-electron chi connectivity index (χ2n) is 4.07. The molecule has 0 bridgehead atoms. The van der Waals surface area contributed by atoms with Crippen LogP contribution in [0, 0.1) is 0 Å². The van der Waals surface area contributed by atoms with Gasteiger partial charge in [0.15, 0.2) is 0 Å². The second kappa shape index (κ2) is 5.75. The maximum atomic E-state index is 12.4. The van der Waals surface area contributed by atoms with E-state index < -0.39 is 11.7 Å². The van der Waals surface area contributed by atoms with Crippen molar-refractivity contribution in [3.8, 4) is 0 Å². The van der Waals surface area contributed by atoms with Crippen molar-refractivity contribution in [2.45, 2.75) is 6.18 Å². The fraction of sp³-hybridized carbons (Fsp3) is 0.0714. The lowest BCUT2D eigenvalue weighted by Crippen LogP contribution is -2.07. The van der Waals surface area contributed by atoms with E-state index in [0.717, 1.165) is 17.7 Å². The first kappa shape index (κ1) is 14.1. The van der Waals surface area contributed by atoms with Crippen LogP contribution in [-0.2, 0) is 6.18 Å². The van der Waals surface area contributed by atoms with Gasteiger partial charge in [0.2, 0.25) is 0 Å². The van der Waals surface area contributed by atoms with E-state index in [1.807, 2.05) is 0 Å². The van der Waals surface area contributed by atoms with Crippen molar-refractivity contribution in [1.82, 2.24) is 4.98 Å². The molecule has 3 N–H and O–H groups in total. The summed E-state index contributed by atoms with van der Waals surface area (Å²) >= 11 is 0. The van der Waals surface area contributed by atoms with Crippen molar-refractivity contribution < 1.29 is 13.2 Å². The first-order valence-corrected chi connectivity index (χ1v) is 5.77. The molecule has 20 heavy (non-hydrogen) atoms. The smallest absolute Gasteiger partial charge is 0.308 e. The standard InChI is InChI=1S/C14H12F3N3/c15-14(16,17)12-6-3-10(4-7-12)1-2-11-5-8-13(20-18)19-9-11/h1-9H,18H2,(H,19,20)/b2-1+. The summed E-state index contributed by atoms with van der Waals surface area (Å²) in [6, 6.07) is 8.44. The van der Waals surface area contributed by atoms with Crippen LogP contribution in [0.3, 0.4) is 0 Å². The number of hydrogen-bond acceptors (Lipinski definition) is 3. The van der Waals surface area contributed by atoms with E-state index in [0.29, 0.717) is 11.4 Å². The molecule has 6 heteroatoms. The molecule has 0 fully saturated rings. The lowest BCUT2D eigenvalue weighted by atomic mass is 10.1. The number of pyridine rings is 1. The predicted molar refractivity (Wildman–Crippen MR) is 72.4 cm³/mol. The summed E-state index contributed by atoms with van der Waals surface area (Å²) < 4.78 is 37.2. The second-order valence-corrected chi connectivity index (χ2v) is 4.07. The number of rotatable bonds is 3. The minimum absolute atomic E-state index is 0.539. The zero-order chi connectivity index (χ0) is 14.6. The first-order valence-electron chi connectivity index (χ1n) is 5.77. The summed E-state index contributed by atoms with van der Waals surface area (Å²) in [6.07, 6.45) is 0.773. The van der Waals surface area contributed by atoms with Gasteiger partial charge in [0.25, 0.3) is 0 Å².